The average molecular weight is 329 g/mol. The molecule has 24 heavy (non-hydrogen) atoms. The predicted molar refractivity (Wildman–Crippen MR) is 89.7 cm³/mol. The third kappa shape index (κ3) is 2.72. The number of carbonyl (C=O) groups excluding carboxylic acids is 1. The number of amides is 1. The van der Waals surface area contributed by atoms with Crippen molar-refractivity contribution in [2.45, 2.75) is 51.5 Å². The van der Waals surface area contributed by atoms with Crippen molar-refractivity contribution >= 4 is 16.9 Å². The number of likely N-dealkylation sites (tertiary alicyclic amines) is 1. The van der Waals surface area contributed by atoms with Gasteiger partial charge in [-0.1, -0.05) is 19.3 Å². The quantitative estimate of drug-likeness (QED) is 0.928. The number of hydrogen-bond acceptors (Lipinski definition) is 4. The summed E-state index contributed by atoms with van der Waals surface area (Å²) in [7, 11) is 0. The first-order chi connectivity index (χ1) is 11.6. The van der Waals surface area contributed by atoms with Gasteiger partial charge in [-0.15, -0.1) is 0 Å². The monoisotopic (exact) mass is 329 g/mol. The minimum atomic E-state index is -0.111. The van der Waals surface area contributed by atoms with Gasteiger partial charge in [-0.25, -0.2) is 9.67 Å². The lowest BCUT2D eigenvalue weighted by Crippen LogP contribution is -2.39. The molecule has 1 atom stereocenters. The molecule has 7 nitrogen and oxygen atoms in total. The lowest BCUT2D eigenvalue weighted by atomic mass is 9.83. The summed E-state index contributed by atoms with van der Waals surface area (Å²) in [5, 5.41) is 4.96. The van der Waals surface area contributed by atoms with E-state index in [4.69, 9.17) is 4.98 Å². The van der Waals surface area contributed by atoms with Gasteiger partial charge >= 0.3 is 0 Å². The van der Waals surface area contributed by atoms with Gasteiger partial charge in [-0.2, -0.15) is 5.10 Å². The van der Waals surface area contributed by atoms with Gasteiger partial charge < -0.3 is 9.88 Å². The molecule has 4 rings (SSSR count). The predicted octanol–water partition coefficient (Wildman–Crippen LogP) is 1.65. The third-order valence-electron chi connectivity index (χ3n) is 5.41. The molecule has 1 aliphatic heterocycles. The number of aromatic nitrogens is 4. The van der Waals surface area contributed by atoms with Crippen LogP contribution in [0.1, 0.15) is 50.9 Å². The van der Waals surface area contributed by atoms with Crippen LogP contribution in [0.4, 0.5) is 0 Å². The van der Waals surface area contributed by atoms with Crippen LogP contribution in [0.25, 0.3) is 11.0 Å². The molecule has 1 unspecified atom stereocenters. The Morgan fingerprint density at radius 1 is 1.33 bits per heavy atom. The molecule has 2 fully saturated rings. The summed E-state index contributed by atoms with van der Waals surface area (Å²) in [6.45, 7) is 3.04. The van der Waals surface area contributed by atoms with E-state index in [9.17, 15) is 9.59 Å². The summed E-state index contributed by atoms with van der Waals surface area (Å²) in [5.74, 6) is 1.50. The summed E-state index contributed by atoms with van der Waals surface area (Å²) in [5.41, 5.74) is 0.545. The number of H-pyrrole nitrogens is 1. The minimum absolute atomic E-state index is 0.0889. The Morgan fingerprint density at radius 2 is 2.17 bits per heavy atom. The Morgan fingerprint density at radius 3 is 2.88 bits per heavy atom. The maximum absolute atomic E-state index is 12.3. The van der Waals surface area contributed by atoms with Crippen molar-refractivity contribution in [3.63, 3.8) is 0 Å². The van der Waals surface area contributed by atoms with E-state index < -0.39 is 0 Å². The number of hydrogen-bond donors (Lipinski definition) is 1. The second kappa shape index (κ2) is 6.03. The second-order valence-corrected chi connectivity index (χ2v) is 7.10. The zero-order valence-electron chi connectivity index (χ0n) is 14.0. The number of piperidine rings is 1. The molecule has 0 aromatic carbocycles. The number of nitrogens with one attached hydrogen (secondary N) is 1. The average Bonchev–Trinajstić information content (AvgIpc) is 2.95. The fourth-order valence-electron chi connectivity index (χ4n) is 3.76. The molecule has 1 saturated heterocycles. The standard InChI is InChI=1S/C17H23N5O2/c1-11(23)21-7-3-6-13(10-21)22-16-14(9-18-22)17(24)20-15(19-16)8-12-4-2-5-12/h9,12-13H,2-8,10H2,1H3,(H,19,20,24). The van der Waals surface area contributed by atoms with Crippen LogP contribution in [0.2, 0.25) is 0 Å². The molecule has 1 aliphatic carbocycles. The summed E-state index contributed by atoms with van der Waals surface area (Å²) in [6.07, 6.45) is 8.05. The summed E-state index contributed by atoms with van der Waals surface area (Å²) in [6, 6.07) is 0.0889. The number of nitrogens with zero attached hydrogens (tertiary/aromatic N) is 4. The number of carbonyl (C=O) groups is 1. The van der Waals surface area contributed by atoms with Crippen LogP contribution < -0.4 is 5.56 Å². The number of rotatable bonds is 3. The van der Waals surface area contributed by atoms with E-state index in [2.05, 4.69) is 10.1 Å². The molecular formula is C17H23N5O2. The fourth-order valence-corrected chi connectivity index (χ4v) is 3.76. The third-order valence-corrected chi connectivity index (χ3v) is 5.41. The van der Waals surface area contributed by atoms with Gasteiger partial charge in [0.15, 0.2) is 5.65 Å². The molecule has 1 amide bonds. The van der Waals surface area contributed by atoms with Crippen LogP contribution in [0.3, 0.4) is 0 Å². The molecule has 1 N–H and O–H groups in total. The molecule has 128 valence electrons. The Kier molecular flexibility index (Phi) is 3.86. The van der Waals surface area contributed by atoms with Crippen LogP contribution in [0.15, 0.2) is 11.0 Å². The van der Waals surface area contributed by atoms with E-state index in [1.807, 2.05) is 9.58 Å². The van der Waals surface area contributed by atoms with Crippen molar-refractivity contribution in [2.75, 3.05) is 13.1 Å². The Hall–Kier alpha value is -2.18. The van der Waals surface area contributed by atoms with Gasteiger partial charge in [0, 0.05) is 26.4 Å². The van der Waals surface area contributed by atoms with Crippen molar-refractivity contribution < 1.29 is 4.79 Å². The normalized spacial score (nSPS) is 21.9. The highest BCUT2D eigenvalue weighted by Gasteiger charge is 2.26. The van der Waals surface area contributed by atoms with Crippen LogP contribution in [0.5, 0.6) is 0 Å². The molecule has 2 aliphatic rings. The van der Waals surface area contributed by atoms with Gasteiger partial charge in [0.05, 0.1) is 12.2 Å². The highest BCUT2D eigenvalue weighted by Crippen LogP contribution is 2.29. The summed E-state index contributed by atoms with van der Waals surface area (Å²) in [4.78, 5) is 33.5. The van der Waals surface area contributed by atoms with Gasteiger partial charge in [0.2, 0.25) is 5.91 Å². The number of fused-ring (bicyclic) bond motifs is 1. The Labute approximate surface area is 140 Å². The van der Waals surface area contributed by atoms with Crippen LogP contribution in [0, 0.1) is 5.92 Å². The van der Waals surface area contributed by atoms with E-state index in [1.54, 1.807) is 13.1 Å². The van der Waals surface area contributed by atoms with Crippen LogP contribution >= 0.6 is 0 Å². The number of aromatic amines is 1. The molecule has 0 spiro atoms. The van der Waals surface area contributed by atoms with Gasteiger partial charge in [-0.05, 0) is 18.8 Å². The van der Waals surface area contributed by atoms with Crippen LogP contribution in [-0.2, 0) is 11.2 Å². The van der Waals surface area contributed by atoms with Gasteiger partial charge in [0.1, 0.15) is 11.2 Å². The first-order valence-electron chi connectivity index (χ1n) is 8.83. The first-order valence-corrected chi connectivity index (χ1v) is 8.83. The van der Waals surface area contributed by atoms with E-state index in [1.165, 1.54) is 19.3 Å². The summed E-state index contributed by atoms with van der Waals surface area (Å²) >= 11 is 0. The smallest absolute Gasteiger partial charge is 0.262 e. The first kappa shape index (κ1) is 15.4. The van der Waals surface area contributed by atoms with E-state index in [0.29, 0.717) is 23.5 Å². The van der Waals surface area contributed by atoms with Gasteiger partial charge in [0.25, 0.3) is 5.56 Å². The molecule has 1 saturated carbocycles. The molecule has 2 aromatic heterocycles. The molecular weight excluding hydrogens is 306 g/mol. The molecule has 7 heteroatoms. The van der Waals surface area contributed by atoms with E-state index in [0.717, 1.165) is 31.6 Å². The zero-order chi connectivity index (χ0) is 16.7. The lowest BCUT2D eigenvalue weighted by molar-refractivity contribution is -0.130. The Balaban J connectivity index is 1.67. The van der Waals surface area contributed by atoms with Crippen molar-refractivity contribution in [1.29, 1.82) is 0 Å². The van der Waals surface area contributed by atoms with Crippen molar-refractivity contribution in [1.82, 2.24) is 24.6 Å². The van der Waals surface area contributed by atoms with Crippen molar-refractivity contribution in [2.24, 2.45) is 5.92 Å². The zero-order valence-corrected chi connectivity index (χ0v) is 14.0. The molecule has 3 heterocycles. The molecule has 2 aromatic rings. The highest BCUT2D eigenvalue weighted by atomic mass is 16.2. The van der Waals surface area contributed by atoms with Crippen molar-refractivity contribution in [3.05, 3.63) is 22.4 Å². The topological polar surface area (TPSA) is 83.9 Å². The molecule has 0 radical (unpaired) electrons. The molecule has 0 bridgehead atoms. The van der Waals surface area contributed by atoms with E-state index >= 15 is 0 Å². The maximum Gasteiger partial charge on any atom is 0.262 e. The van der Waals surface area contributed by atoms with Gasteiger partial charge in [-0.3, -0.25) is 9.59 Å². The Bertz CT molecular complexity index is 820. The summed E-state index contributed by atoms with van der Waals surface area (Å²) < 4.78 is 1.85. The fraction of sp³-hybridized carbons (Fsp3) is 0.647. The second-order valence-electron chi connectivity index (χ2n) is 7.10. The maximum atomic E-state index is 12.3. The van der Waals surface area contributed by atoms with E-state index in [-0.39, 0.29) is 17.5 Å². The largest absolute Gasteiger partial charge is 0.341 e. The highest BCUT2D eigenvalue weighted by molar-refractivity contribution is 5.74. The van der Waals surface area contributed by atoms with Crippen LogP contribution in [-0.4, -0.2) is 43.6 Å². The van der Waals surface area contributed by atoms with Crippen molar-refractivity contribution in [3.8, 4) is 0 Å². The SMILES string of the molecule is CC(=O)N1CCCC(n2ncc3c(=O)[nH]c(CC4CCC4)nc32)C1. The lowest BCUT2D eigenvalue weighted by Gasteiger charge is -2.32. The minimum Gasteiger partial charge on any atom is -0.341 e.